The number of hydrazine groups is 1. The van der Waals surface area contributed by atoms with E-state index in [2.05, 4.69) is 5.84 Å². The molecule has 0 aliphatic carbocycles. The Bertz CT molecular complexity index is 112. The zero-order valence-electron chi connectivity index (χ0n) is 5.37. The van der Waals surface area contributed by atoms with Gasteiger partial charge in [-0.3, -0.25) is 11.3 Å². The van der Waals surface area contributed by atoms with Gasteiger partial charge in [-0.1, -0.05) is 0 Å². The molecule has 0 aromatic carbocycles. The third-order valence-electron chi connectivity index (χ3n) is 1.06. The SMILES string of the molecule is CC(O)(CNN)C(F)(F)F. The molecule has 0 saturated heterocycles. The number of hydrogen-bond acceptors (Lipinski definition) is 3. The van der Waals surface area contributed by atoms with Gasteiger partial charge in [0.05, 0.1) is 0 Å². The zero-order valence-corrected chi connectivity index (χ0v) is 5.37. The van der Waals surface area contributed by atoms with Gasteiger partial charge in [-0.25, -0.2) is 0 Å². The lowest BCUT2D eigenvalue weighted by molar-refractivity contribution is -0.250. The number of rotatable bonds is 2. The first kappa shape index (κ1) is 9.67. The Morgan fingerprint density at radius 3 is 2.00 bits per heavy atom. The summed E-state index contributed by atoms with van der Waals surface area (Å²) in [5.41, 5.74) is -1.00. The number of hydrogen-bond donors (Lipinski definition) is 3. The van der Waals surface area contributed by atoms with Gasteiger partial charge >= 0.3 is 6.18 Å². The molecule has 0 aliphatic rings. The van der Waals surface area contributed by atoms with Gasteiger partial charge in [-0.15, -0.1) is 0 Å². The zero-order chi connectivity index (χ0) is 8.41. The van der Waals surface area contributed by atoms with Gasteiger partial charge in [0.2, 0.25) is 0 Å². The van der Waals surface area contributed by atoms with E-state index in [1.807, 2.05) is 0 Å². The predicted octanol–water partition coefficient (Wildman–Crippen LogP) is -0.237. The molecule has 0 spiro atoms. The second-order valence-electron chi connectivity index (χ2n) is 2.15. The minimum Gasteiger partial charge on any atom is -0.380 e. The van der Waals surface area contributed by atoms with Crippen LogP contribution in [-0.2, 0) is 0 Å². The number of halogens is 3. The van der Waals surface area contributed by atoms with Gasteiger partial charge in [-0.05, 0) is 6.92 Å². The molecule has 0 saturated carbocycles. The first-order valence-electron chi connectivity index (χ1n) is 2.54. The van der Waals surface area contributed by atoms with Crippen molar-refractivity contribution in [1.82, 2.24) is 5.43 Å². The van der Waals surface area contributed by atoms with Crippen LogP contribution in [0.2, 0.25) is 0 Å². The van der Waals surface area contributed by atoms with E-state index in [1.165, 1.54) is 0 Å². The van der Waals surface area contributed by atoms with Crippen molar-refractivity contribution in [2.45, 2.75) is 18.7 Å². The van der Waals surface area contributed by atoms with E-state index in [9.17, 15) is 13.2 Å². The summed E-state index contributed by atoms with van der Waals surface area (Å²) in [6.07, 6.45) is -4.64. The molecule has 0 aromatic heterocycles. The van der Waals surface area contributed by atoms with Crippen LogP contribution >= 0.6 is 0 Å². The average Bonchev–Trinajstić information content (AvgIpc) is 1.61. The summed E-state index contributed by atoms with van der Waals surface area (Å²) in [6, 6.07) is 0. The number of nitrogens with one attached hydrogen (secondary N) is 1. The van der Waals surface area contributed by atoms with Crippen LogP contribution in [0.3, 0.4) is 0 Å². The molecule has 0 amide bonds. The summed E-state index contributed by atoms with van der Waals surface area (Å²) < 4.78 is 35.0. The summed E-state index contributed by atoms with van der Waals surface area (Å²) in [6.45, 7) is -0.0661. The molecule has 0 bridgehead atoms. The highest BCUT2D eigenvalue weighted by Crippen LogP contribution is 2.28. The van der Waals surface area contributed by atoms with Gasteiger partial charge in [0.15, 0.2) is 5.60 Å². The van der Waals surface area contributed by atoms with Crippen molar-refractivity contribution in [3.05, 3.63) is 0 Å². The quantitative estimate of drug-likeness (QED) is 0.384. The molecule has 0 rings (SSSR count). The van der Waals surface area contributed by atoms with Crippen molar-refractivity contribution >= 4 is 0 Å². The fourth-order valence-corrected chi connectivity index (χ4v) is 0.299. The molecule has 1 unspecified atom stereocenters. The lowest BCUT2D eigenvalue weighted by atomic mass is 10.1. The van der Waals surface area contributed by atoms with Crippen LogP contribution in [0.25, 0.3) is 0 Å². The Morgan fingerprint density at radius 1 is 1.50 bits per heavy atom. The third kappa shape index (κ3) is 2.13. The standard InChI is InChI=1S/C4H9F3N2O/c1-3(10,2-9-8)4(5,6)7/h9-10H,2,8H2,1H3. The highest BCUT2D eigenvalue weighted by molar-refractivity contribution is 4.82. The van der Waals surface area contributed by atoms with Crippen LogP contribution in [0.4, 0.5) is 13.2 Å². The number of alkyl halides is 3. The van der Waals surface area contributed by atoms with Crippen molar-refractivity contribution in [2.75, 3.05) is 6.54 Å². The van der Waals surface area contributed by atoms with Crippen LogP contribution in [0, 0.1) is 0 Å². The van der Waals surface area contributed by atoms with Crippen LogP contribution in [0.1, 0.15) is 6.92 Å². The largest absolute Gasteiger partial charge is 0.418 e. The Hall–Kier alpha value is -0.330. The fourth-order valence-electron chi connectivity index (χ4n) is 0.299. The summed E-state index contributed by atoms with van der Waals surface area (Å²) >= 11 is 0. The van der Waals surface area contributed by atoms with Gasteiger partial charge < -0.3 is 5.11 Å². The highest BCUT2D eigenvalue weighted by Gasteiger charge is 2.49. The van der Waals surface area contributed by atoms with E-state index in [0.29, 0.717) is 6.92 Å². The third-order valence-corrected chi connectivity index (χ3v) is 1.06. The van der Waals surface area contributed by atoms with Crippen molar-refractivity contribution in [1.29, 1.82) is 0 Å². The Morgan fingerprint density at radius 2 is 1.90 bits per heavy atom. The van der Waals surface area contributed by atoms with Gasteiger partial charge in [-0.2, -0.15) is 13.2 Å². The second kappa shape index (κ2) is 2.73. The minimum absolute atomic E-state index is 0.646. The lowest BCUT2D eigenvalue weighted by Gasteiger charge is -2.25. The first-order chi connectivity index (χ1) is 4.31. The maximum Gasteiger partial charge on any atom is 0.418 e. The van der Waals surface area contributed by atoms with E-state index in [0.717, 1.165) is 0 Å². The molecular weight excluding hydrogens is 149 g/mol. The number of aliphatic hydroxyl groups is 1. The molecule has 3 nitrogen and oxygen atoms in total. The van der Waals surface area contributed by atoms with Crippen LogP contribution < -0.4 is 11.3 Å². The molecule has 0 aromatic rings. The molecule has 0 fully saturated rings. The molecule has 10 heavy (non-hydrogen) atoms. The van der Waals surface area contributed by atoms with Crippen LogP contribution in [-0.4, -0.2) is 23.4 Å². The summed E-state index contributed by atoms with van der Waals surface area (Å²) in [4.78, 5) is 0. The highest BCUT2D eigenvalue weighted by atomic mass is 19.4. The van der Waals surface area contributed by atoms with Gasteiger partial charge in [0.25, 0.3) is 0 Å². The minimum atomic E-state index is -4.64. The predicted molar refractivity (Wildman–Crippen MR) is 28.9 cm³/mol. The van der Waals surface area contributed by atoms with E-state index in [1.54, 1.807) is 5.43 Å². The summed E-state index contributed by atoms with van der Waals surface area (Å²) in [7, 11) is 0. The van der Waals surface area contributed by atoms with E-state index in [4.69, 9.17) is 5.11 Å². The molecule has 0 heterocycles. The molecule has 0 aliphatic heterocycles. The lowest BCUT2D eigenvalue weighted by Crippen LogP contribution is -2.51. The van der Waals surface area contributed by atoms with Gasteiger partial charge in [0, 0.05) is 6.54 Å². The molecule has 0 radical (unpaired) electrons. The molecular formula is C4H9F3N2O. The average molecular weight is 158 g/mol. The van der Waals surface area contributed by atoms with E-state index >= 15 is 0 Å². The maximum absolute atomic E-state index is 11.7. The van der Waals surface area contributed by atoms with Crippen molar-refractivity contribution < 1.29 is 18.3 Å². The monoisotopic (exact) mass is 158 g/mol. The van der Waals surface area contributed by atoms with E-state index in [-0.39, 0.29) is 0 Å². The Balaban J connectivity index is 4.10. The van der Waals surface area contributed by atoms with Crippen LogP contribution in [0.15, 0.2) is 0 Å². The molecule has 6 heteroatoms. The maximum atomic E-state index is 11.7. The fraction of sp³-hybridized carbons (Fsp3) is 1.00. The topological polar surface area (TPSA) is 58.3 Å². The second-order valence-corrected chi connectivity index (χ2v) is 2.15. The van der Waals surface area contributed by atoms with Crippen LogP contribution in [0.5, 0.6) is 0 Å². The first-order valence-corrected chi connectivity index (χ1v) is 2.54. The molecule has 1 atom stereocenters. The molecule has 62 valence electrons. The number of nitrogens with two attached hydrogens (primary N) is 1. The van der Waals surface area contributed by atoms with Gasteiger partial charge in [0.1, 0.15) is 0 Å². The van der Waals surface area contributed by atoms with Crippen molar-refractivity contribution in [2.24, 2.45) is 5.84 Å². The van der Waals surface area contributed by atoms with Crippen molar-refractivity contribution in [3.63, 3.8) is 0 Å². The normalized spacial score (nSPS) is 18.6. The van der Waals surface area contributed by atoms with E-state index < -0.39 is 18.3 Å². The summed E-state index contributed by atoms with van der Waals surface area (Å²) in [5.74, 6) is 4.60. The smallest absolute Gasteiger partial charge is 0.380 e. The Kier molecular flexibility index (Phi) is 2.64. The summed E-state index contributed by atoms with van der Waals surface area (Å²) in [5, 5.41) is 8.58. The Labute approximate surface area is 56.0 Å². The van der Waals surface area contributed by atoms with Crippen molar-refractivity contribution in [3.8, 4) is 0 Å². The molecule has 4 N–H and O–H groups in total.